The average molecular weight is 224 g/mol. The Balaban J connectivity index is 2.40. The smallest absolute Gasteiger partial charge is 0.134 e. The van der Waals surface area contributed by atoms with E-state index in [1.807, 2.05) is 13.1 Å². The Hall–Kier alpha value is -1.02. The molecular formula is C12H14ClNO. The van der Waals surface area contributed by atoms with E-state index in [2.05, 4.69) is 11.0 Å². The third kappa shape index (κ3) is 2.00. The average Bonchev–Trinajstić information content (AvgIpc) is 2.46. The first kappa shape index (κ1) is 10.5. The summed E-state index contributed by atoms with van der Waals surface area (Å²) >= 11 is 6.20. The lowest BCUT2D eigenvalue weighted by atomic mass is 10.0. The summed E-state index contributed by atoms with van der Waals surface area (Å²) in [5.41, 5.74) is 3.42. The summed E-state index contributed by atoms with van der Waals surface area (Å²) in [6.07, 6.45) is 1.51. The second-order valence-electron chi connectivity index (χ2n) is 4.14. The Bertz CT molecular complexity index is 414. The number of Topliss-reactive ketones (excluding diaryl/α,β-unsaturated/α-hetero) is 1. The molecule has 0 atom stereocenters. The number of carbonyl (C=O) groups is 1. The van der Waals surface area contributed by atoms with Crippen LogP contribution in [0.1, 0.15) is 18.1 Å². The minimum absolute atomic E-state index is 0.178. The van der Waals surface area contributed by atoms with Crippen LogP contribution < -0.4 is 4.90 Å². The van der Waals surface area contributed by atoms with Crippen LogP contribution in [0.25, 0.3) is 0 Å². The molecule has 15 heavy (non-hydrogen) atoms. The lowest BCUT2D eigenvalue weighted by Gasteiger charge is -2.14. The van der Waals surface area contributed by atoms with Crippen LogP contribution in [0.3, 0.4) is 0 Å². The van der Waals surface area contributed by atoms with Crippen molar-refractivity contribution in [2.45, 2.75) is 19.8 Å². The Labute approximate surface area is 94.8 Å². The fraction of sp³-hybridized carbons (Fsp3) is 0.417. The highest BCUT2D eigenvalue weighted by molar-refractivity contribution is 6.33. The van der Waals surface area contributed by atoms with E-state index in [0.29, 0.717) is 6.42 Å². The Kier molecular flexibility index (Phi) is 2.70. The van der Waals surface area contributed by atoms with E-state index < -0.39 is 0 Å². The number of hydrogen-bond donors (Lipinski definition) is 0. The predicted molar refractivity (Wildman–Crippen MR) is 62.8 cm³/mol. The Morgan fingerprint density at radius 2 is 2.27 bits per heavy atom. The molecule has 0 fully saturated rings. The van der Waals surface area contributed by atoms with Gasteiger partial charge in [0.1, 0.15) is 5.78 Å². The van der Waals surface area contributed by atoms with Crippen LogP contribution in [0.4, 0.5) is 5.69 Å². The first-order valence-corrected chi connectivity index (χ1v) is 5.47. The van der Waals surface area contributed by atoms with Crippen molar-refractivity contribution < 1.29 is 4.79 Å². The first-order valence-electron chi connectivity index (χ1n) is 5.10. The van der Waals surface area contributed by atoms with Gasteiger partial charge in [0.25, 0.3) is 0 Å². The number of benzene rings is 1. The fourth-order valence-electron chi connectivity index (χ4n) is 2.13. The number of likely N-dealkylation sites (N-methyl/N-ethyl adjacent to an activating group) is 1. The predicted octanol–water partition coefficient (Wildman–Crippen LogP) is 2.46. The number of hydrogen-bond acceptors (Lipinski definition) is 2. The van der Waals surface area contributed by atoms with Gasteiger partial charge in [-0.25, -0.2) is 0 Å². The highest BCUT2D eigenvalue weighted by atomic mass is 35.5. The van der Waals surface area contributed by atoms with E-state index in [-0.39, 0.29) is 5.78 Å². The molecule has 1 aliphatic rings. The second kappa shape index (κ2) is 3.86. The summed E-state index contributed by atoms with van der Waals surface area (Å²) in [7, 11) is 2.04. The molecule has 0 amide bonds. The molecule has 2 rings (SSSR count). The third-order valence-corrected chi connectivity index (χ3v) is 3.04. The zero-order valence-electron chi connectivity index (χ0n) is 9.01. The van der Waals surface area contributed by atoms with Gasteiger partial charge in [-0.1, -0.05) is 17.7 Å². The van der Waals surface area contributed by atoms with Crippen molar-refractivity contribution >= 4 is 23.1 Å². The molecule has 0 saturated carbocycles. The second-order valence-corrected chi connectivity index (χ2v) is 4.54. The van der Waals surface area contributed by atoms with Crippen LogP contribution in [-0.2, 0) is 17.6 Å². The summed E-state index contributed by atoms with van der Waals surface area (Å²) in [6.45, 7) is 2.62. The number of fused-ring (bicyclic) bond motifs is 1. The van der Waals surface area contributed by atoms with Gasteiger partial charge in [-0.15, -0.1) is 0 Å². The standard InChI is InChI=1S/C12H14ClNO/c1-8(15)5-9-6-10-3-4-14(2)12(10)11(13)7-9/h6-7H,3-5H2,1-2H3. The van der Waals surface area contributed by atoms with Gasteiger partial charge in [-0.2, -0.15) is 0 Å². The number of carbonyl (C=O) groups excluding carboxylic acids is 1. The van der Waals surface area contributed by atoms with Crippen LogP contribution in [0.2, 0.25) is 5.02 Å². The molecule has 3 heteroatoms. The highest BCUT2D eigenvalue weighted by Gasteiger charge is 2.19. The van der Waals surface area contributed by atoms with Crippen molar-refractivity contribution in [1.82, 2.24) is 0 Å². The summed E-state index contributed by atoms with van der Waals surface area (Å²) in [6, 6.07) is 4.01. The van der Waals surface area contributed by atoms with Crippen LogP contribution in [0.5, 0.6) is 0 Å². The van der Waals surface area contributed by atoms with Crippen LogP contribution in [0, 0.1) is 0 Å². The molecule has 0 spiro atoms. The van der Waals surface area contributed by atoms with Gasteiger partial charge in [-0.05, 0) is 30.5 Å². The summed E-state index contributed by atoms with van der Waals surface area (Å²) < 4.78 is 0. The molecule has 1 heterocycles. The summed E-state index contributed by atoms with van der Waals surface area (Å²) in [5, 5.41) is 0.767. The van der Waals surface area contributed by atoms with Crippen LogP contribution in [-0.4, -0.2) is 19.4 Å². The maximum absolute atomic E-state index is 11.0. The number of anilines is 1. The van der Waals surface area contributed by atoms with Crippen LogP contribution in [0.15, 0.2) is 12.1 Å². The van der Waals surface area contributed by atoms with Crippen molar-refractivity contribution in [3.63, 3.8) is 0 Å². The number of nitrogens with zero attached hydrogens (tertiary/aromatic N) is 1. The maximum Gasteiger partial charge on any atom is 0.134 e. The molecule has 2 nitrogen and oxygen atoms in total. The normalized spacial score (nSPS) is 14.2. The van der Waals surface area contributed by atoms with Crippen molar-refractivity contribution in [1.29, 1.82) is 0 Å². The van der Waals surface area contributed by atoms with Gasteiger partial charge in [0.05, 0.1) is 10.7 Å². The highest BCUT2D eigenvalue weighted by Crippen LogP contribution is 2.35. The van der Waals surface area contributed by atoms with E-state index in [1.165, 1.54) is 5.56 Å². The van der Waals surface area contributed by atoms with Gasteiger partial charge < -0.3 is 4.90 Å². The molecule has 0 saturated heterocycles. The molecule has 80 valence electrons. The number of halogens is 1. The zero-order chi connectivity index (χ0) is 11.0. The minimum atomic E-state index is 0.178. The molecule has 1 aliphatic heterocycles. The molecule has 0 aliphatic carbocycles. The minimum Gasteiger partial charge on any atom is -0.373 e. The van der Waals surface area contributed by atoms with E-state index in [4.69, 9.17) is 11.6 Å². The summed E-state index contributed by atoms with van der Waals surface area (Å²) in [5.74, 6) is 0.178. The number of ketones is 1. The van der Waals surface area contributed by atoms with E-state index >= 15 is 0 Å². The lowest BCUT2D eigenvalue weighted by Crippen LogP contribution is -2.12. The first-order chi connectivity index (χ1) is 7.08. The van der Waals surface area contributed by atoms with E-state index in [0.717, 1.165) is 29.2 Å². The van der Waals surface area contributed by atoms with Crippen molar-refractivity contribution in [2.75, 3.05) is 18.5 Å². The van der Waals surface area contributed by atoms with Gasteiger partial charge in [0.15, 0.2) is 0 Å². The molecule has 0 radical (unpaired) electrons. The molecule has 0 aromatic heterocycles. The van der Waals surface area contributed by atoms with Crippen molar-refractivity contribution in [3.05, 3.63) is 28.3 Å². The van der Waals surface area contributed by atoms with Crippen molar-refractivity contribution in [3.8, 4) is 0 Å². The molecule has 1 aromatic carbocycles. The molecule has 1 aromatic rings. The quantitative estimate of drug-likeness (QED) is 0.768. The Morgan fingerprint density at radius 1 is 1.53 bits per heavy atom. The molecule has 0 unspecified atom stereocenters. The van der Waals surface area contributed by atoms with Gasteiger partial charge in [-0.3, -0.25) is 4.79 Å². The Morgan fingerprint density at radius 3 is 2.93 bits per heavy atom. The monoisotopic (exact) mass is 223 g/mol. The van der Waals surface area contributed by atoms with Gasteiger partial charge in [0.2, 0.25) is 0 Å². The van der Waals surface area contributed by atoms with Gasteiger partial charge in [0, 0.05) is 20.0 Å². The largest absolute Gasteiger partial charge is 0.373 e. The fourth-order valence-corrected chi connectivity index (χ4v) is 2.53. The lowest BCUT2D eigenvalue weighted by molar-refractivity contribution is -0.116. The zero-order valence-corrected chi connectivity index (χ0v) is 9.77. The third-order valence-electron chi connectivity index (χ3n) is 2.75. The molecule has 0 N–H and O–H groups in total. The van der Waals surface area contributed by atoms with Crippen molar-refractivity contribution in [2.24, 2.45) is 0 Å². The maximum atomic E-state index is 11.0. The molecular weight excluding hydrogens is 210 g/mol. The number of rotatable bonds is 2. The topological polar surface area (TPSA) is 20.3 Å². The van der Waals surface area contributed by atoms with Crippen LogP contribution >= 0.6 is 11.6 Å². The van der Waals surface area contributed by atoms with E-state index in [1.54, 1.807) is 6.92 Å². The van der Waals surface area contributed by atoms with E-state index in [9.17, 15) is 4.79 Å². The summed E-state index contributed by atoms with van der Waals surface area (Å²) in [4.78, 5) is 13.2. The molecule has 0 bridgehead atoms. The SMILES string of the molecule is CC(=O)Cc1cc(Cl)c2c(c1)CCN2C. The van der Waals surface area contributed by atoms with Gasteiger partial charge >= 0.3 is 0 Å².